The monoisotopic (exact) mass is 369 g/mol. The molecule has 27 heavy (non-hydrogen) atoms. The van der Waals surface area contributed by atoms with Crippen LogP contribution in [0.1, 0.15) is 24.0 Å². The fourth-order valence-electron chi connectivity index (χ4n) is 3.40. The van der Waals surface area contributed by atoms with Crippen LogP contribution in [-0.4, -0.2) is 45.0 Å². The molecule has 0 saturated carbocycles. The SMILES string of the molecule is COC(=O)[C@@H](NC(=O)OCC1c2ccccc2-c2ccccc21)[C@@H](C)OC. The van der Waals surface area contributed by atoms with Gasteiger partial charge in [-0.3, -0.25) is 0 Å². The second-order valence-corrected chi connectivity index (χ2v) is 6.41. The lowest BCUT2D eigenvalue weighted by Crippen LogP contribution is -2.49. The number of fused-ring (bicyclic) bond motifs is 3. The van der Waals surface area contributed by atoms with Crippen molar-refractivity contribution in [1.29, 1.82) is 0 Å². The van der Waals surface area contributed by atoms with E-state index in [0.29, 0.717) is 0 Å². The number of amides is 1. The Kier molecular flexibility index (Phi) is 5.76. The highest BCUT2D eigenvalue weighted by atomic mass is 16.6. The Morgan fingerprint density at radius 2 is 1.56 bits per heavy atom. The minimum Gasteiger partial charge on any atom is -0.467 e. The summed E-state index contributed by atoms with van der Waals surface area (Å²) in [7, 11) is 2.72. The van der Waals surface area contributed by atoms with E-state index >= 15 is 0 Å². The first-order chi connectivity index (χ1) is 13.1. The molecule has 0 aromatic heterocycles. The summed E-state index contributed by atoms with van der Waals surface area (Å²) >= 11 is 0. The molecule has 0 aliphatic heterocycles. The zero-order valence-corrected chi connectivity index (χ0v) is 15.6. The molecule has 2 atom stereocenters. The number of methoxy groups -OCH3 is 2. The van der Waals surface area contributed by atoms with Crippen molar-refractivity contribution in [3.63, 3.8) is 0 Å². The van der Waals surface area contributed by atoms with Gasteiger partial charge in [0, 0.05) is 13.0 Å². The number of esters is 1. The standard InChI is InChI=1S/C21H23NO5/c1-13(25-2)19(20(23)26-3)22-21(24)27-12-18-16-10-6-4-8-14(16)15-9-5-7-11-17(15)18/h4-11,13,18-19H,12H2,1-3H3,(H,22,24)/t13-,19+/m1/s1. The Labute approximate surface area is 158 Å². The lowest BCUT2D eigenvalue weighted by atomic mass is 9.98. The maximum Gasteiger partial charge on any atom is 0.407 e. The van der Waals surface area contributed by atoms with Crippen LogP contribution >= 0.6 is 0 Å². The molecule has 0 radical (unpaired) electrons. The largest absolute Gasteiger partial charge is 0.467 e. The zero-order valence-electron chi connectivity index (χ0n) is 15.6. The molecule has 1 aliphatic carbocycles. The number of carbonyl (C=O) groups excluding carboxylic acids is 2. The molecule has 2 aromatic rings. The highest BCUT2D eigenvalue weighted by molar-refractivity contribution is 5.82. The molecule has 0 fully saturated rings. The molecule has 0 saturated heterocycles. The number of ether oxygens (including phenoxy) is 3. The van der Waals surface area contributed by atoms with Crippen LogP contribution in [-0.2, 0) is 19.0 Å². The van der Waals surface area contributed by atoms with Gasteiger partial charge < -0.3 is 19.5 Å². The van der Waals surface area contributed by atoms with E-state index in [4.69, 9.17) is 14.2 Å². The van der Waals surface area contributed by atoms with Crippen molar-refractivity contribution in [2.75, 3.05) is 20.8 Å². The van der Waals surface area contributed by atoms with Crippen molar-refractivity contribution in [3.05, 3.63) is 59.7 Å². The average Bonchev–Trinajstić information content (AvgIpc) is 3.03. The van der Waals surface area contributed by atoms with Crippen LogP contribution in [0.5, 0.6) is 0 Å². The first kappa shape index (κ1) is 18.9. The zero-order chi connectivity index (χ0) is 19.4. The summed E-state index contributed by atoms with van der Waals surface area (Å²) in [6, 6.07) is 15.3. The van der Waals surface area contributed by atoms with Gasteiger partial charge in [0.2, 0.25) is 0 Å². The summed E-state index contributed by atoms with van der Waals surface area (Å²) in [6.07, 6.45) is -1.23. The van der Waals surface area contributed by atoms with Gasteiger partial charge in [-0.25, -0.2) is 9.59 Å². The lowest BCUT2D eigenvalue weighted by Gasteiger charge is -2.22. The summed E-state index contributed by atoms with van der Waals surface area (Å²) in [5.41, 5.74) is 4.56. The van der Waals surface area contributed by atoms with Gasteiger partial charge in [0.15, 0.2) is 6.04 Å². The Morgan fingerprint density at radius 3 is 2.07 bits per heavy atom. The van der Waals surface area contributed by atoms with Crippen LogP contribution in [0.3, 0.4) is 0 Å². The number of benzene rings is 2. The molecule has 142 valence electrons. The van der Waals surface area contributed by atoms with E-state index in [1.807, 2.05) is 36.4 Å². The van der Waals surface area contributed by atoms with E-state index in [9.17, 15) is 9.59 Å². The number of alkyl carbamates (subject to hydrolysis) is 1. The fourth-order valence-corrected chi connectivity index (χ4v) is 3.40. The van der Waals surface area contributed by atoms with E-state index in [-0.39, 0.29) is 12.5 Å². The van der Waals surface area contributed by atoms with Crippen LogP contribution in [0.15, 0.2) is 48.5 Å². The summed E-state index contributed by atoms with van der Waals surface area (Å²) in [5, 5.41) is 2.53. The highest BCUT2D eigenvalue weighted by Crippen LogP contribution is 2.44. The number of carbonyl (C=O) groups is 2. The van der Waals surface area contributed by atoms with Crippen molar-refractivity contribution >= 4 is 12.1 Å². The Morgan fingerprint density at radius 1 is 1.00 bits per heavy atom. The average molecular weight is 369 g/mol. The van der Waals surface area contributed by atoms with Crippen LogP contribution < -0.4 is 5.32 Å². The predicted octanol–water partition coefficient (Wildman–Crippen LogP) is 3.10. The molecular formula is C21H23NO5. The summed E-state index contributed by atoms with van der Waals surface area (Å²) in [4.78, 5) is 24.1. The quantitative estimate of drug-likeness (QED) is 0.792. The summed E-state index contributed by atoms with van der Waals surface area (Å²) in [5.74, 6) is -0.627. The Hall–Kier alpha value is -2.86. The van der Waals surface area contributed by atoms with Crippen LogP contribution in [0.4, 0.5) is 4.79 Å². The molecule has 0 heterocycles. The maximum atomic E-state index is 12.3. The molecule has 1 aliphatic rings. The van der Waals surface area contributed by atoms with Crippen molar-refractivity contribution in [2.45, 2.75) is 25.0 Å². The third-order valence-electron chi connectivity index (χ3n) is 4.91. The minimum atomic E-state index is -0.935. The fraction of sp³-hybridized carbons (Fsp3) is 0.333. The van der Waals surface area contributed by atoms with Gasteiger partial charge in [0.05, 0.1) is 13.2 Å². The normalized spacial score (nSPS) is 14.6. The molecule has 1 amide bonds. The molecule has 6 nitrogen and oxygen atoms in total. The van der Waals surface area contributed by atoms with Gasteiger partial charge in [-0.1, -0.05) is 48.5 Å². The maximum absolute atomic E-state index is 12.3. The van der Waals surface area contributed by atoms with Crippen LogP contribution in [0, 0.1) is 0 Å². The van der Waals surface area contributed by atoms with Gasteiger partial charge in [-0.05, 0) is 29.2 Å². The van der Waals surface area contributed by atoms with E-state index in [2.05, 4.69) is 17.4 Å². The second-order valence-electron chi connectivity index (χ2n) is 6.41. The summed E-state index contributed by atoms with van der Waals surface area (Å²) < 4.78 is 15.3. The first-order valence-corrected chi connectivity index (χ1v) is 8.79. The molecule has 0 unspecified atom stereocenters. The van der Waals surface area contributed by atoms with Crippen molar-refractivity contribution in [2.24, 2.45) is 0 Å². The molecular weight excluding hydrogens is 346 g/mol. The molecule has 0 bridgehead atoms. The number of hydrogen-bond acceptors (Lipinski definition) is 5. The van der Waals surface area contributed by atoms with Crippen molar-refractivity contribution in [3.8, 4) is 11.1 Å². The van der Waals surface area contributed by atoms with E-state index in [0.717, 1.165) is 22.3 Å². The van der Waals surface area contributed by atoms with E-state index in [1.54, 1.807) is 6.92 Å². The molecule has 1 N–H and O–H groups in total. The van der Waals surface area contributed by atoms with Crippen LogP contribution in [0.25, 0.3) is 11.1 Å². The predicted molar refractivity (Wildman–Crippen MR) is 100 cm³/mol. The van der Waals surface area contributed by atoms with Gasteiger partial charge in [-0.2, -0.15) is 0 Å². The van der Waals surface area contributed by atoms with Crippen LogP contribution in [0.2, 0.25) is 0 Å². The number of hydrogen-bond donors (Lipinski definition) is 1. The smallest absolute Gasteiger partial charge is 0.407 e. The first-order valence-electron chi connectivity index (χ1n) is 8.79. The molecule has 0 spiro atoms. The Bertz CT molecular complexity index is 789. The molecule has 3 rings (SSSR count). The van der Waals surface area contributed by atoms with Gasteiger partial charge in [0.25, 0.3) is 0 Å². The van der Waals surface area contributed by atoms with Crippen molar-refractivity contribution in [1.82, 2.24) is 5.32 Å². The third kappa shape index (κ3) is 3.80. The van der Waals surface area contributed by atoms with Gasteiger partial charge >= 0.3 is 12.1 Å². The summed E-state index contributed by atoms with van der Waals surface area (Å²) in [6.45, 7) is 1.85. The van der Waals surface area contributed by atoms with Crippen molar-refractivity contribution < 1.29 is 23.8 Å². The second kappa shape index (κ2) is 8.22. The Balaban J connectivity index is 1.71. The number of nitrogens with one attached hydrogen (secondary N) is 1. The van der Waals surface area contributed by atoms with Gasteiger partial charge in [-0.15, -0.1) is 0 Å². The highest BCUT2D eigenvalue weighted by Gasteiger charge is 2.31. The van der Waals surface area contributed by atoms with Gasteiger partial charge in [0.1, 0.15) is 6.61 Å². The number of rotatable bonds is 6. The molecule has 6 heteroatoms. The van der Waals surface area contributed by atoms with E-state index < -0.39 is 24.2 Å². The third-order valence-corrected chi connectivity index (χ3v) is 4.91. The minimum absolute atomic E-state index is 0.0421. The molecule has 2 aromatic carbocycles. The van der Waals surface area contributed by atoms with E-state index in [1.165, 1.54) is 14.2 Å². The topological polar surface area (TPSA) is 73.9 Å². The lowest BCUT2D eigenvalue weighted by molar-refractivity contribution is -0.146.